The number of H-pyrrole nitrogens is 1. The quantitative estimate of drug-likeness (QED) is 0.723. The van der Waals surface area contributed by atoms with Crippen LogP contribution in [-0.4, -0.2) is 36.0 Å². The van der Waals surface area contributed by atoms with E-state index in [4.69, 9.17) is 4.74 Å². The summed E-state index contributed by atoms with van der Waals surface area (Å²) in [6, 6.07) is 1.82. The number of aromatic nitrogens is 6. The van der Waals surface area contributed by atoms with Crippen LogP contribution in [0.3, 0.4) is 0 Å². The maximum atomic E-state index is 11.3. The Kier molecular flexibility index (Phi) is 3.18. The van der Waals surface area contributed by atoms with Crippen molar-refractivity contribution >= 4 is 27.5 Å². The molecular formula is C11H9BrN6O2. The molecule has 3 heterocycles. The number of aromatic amines is 1. The number of tetrazole rings is 1. The Hall–Kier alpha value is -2.29. The van der Waals surface area contributed by atoms with Crippen LogP contribution in [0.4, 0.5) is 0 Å². The number of carbonyl (C=O) groups is 1. The molecule has 3 rings (SSSR count). The van der Waals surface area contributed by atoms with E-state index in [0.29, 0.717) is 17.0 Å². The Morgan fingerprint density at radius 3 is 3.10 bits per heavy atom. The van der Waals surface area contributed by atoms with Crippen LogP contribution >= 0.6 is 15.9 Å². The van der Waals surface area contributed by atoms with Crippen molar-refractivity contribution in [1.82, 2.24) is 30.0 Å². The Morgan fingerprint density at radius 2 is 2.40 bits per heavy atom. The van der Waals surface area contributed by atoms with Gasteiger partial charge in [-0.05, 0) is 32.4 Å². The molecule has 0 bridgehead atoms. The van der Waals surface area contributed by atoms with Crippen molar-refractivity contribution in [3.05, 3.63) is 40.5 Å². The number of pyridine rings is 1. The number of halogens is 1. The minimum atomic E-state index is -0.745. The molecule has 1 N–H and O–H groups in total. The van der Waals surface area contributed by atoms with E-state index >= 15 is 0 Å². The number of nitrogens with zero attached hydrogens (tertiary/aromatic N) is 5. The zero-order chi connectivity index (χ0) is 14.1. The minimum absolute atomic E-state index is 0.336. The molecule has 20 heavy (non-hydrogen) atoms. The van der Waals surface area contributed by atoms with Crippen LogP contribution in [0.2, 0.25) is 0 Å². The van der Waals surface area contributed by atoms with E-state index in [1.165, 1.54) is 6.92 Å². The van der Waals surface area contributed by atoms with Gasteiger partial charge in [0.2, 0.25) is 0 Å². The summed E-state index contributed by atoms with van der Waals surface area (Å²) in [7, 11) is 0. The van der Waals surface area contributed by atoms with Gasteiger partial charge >= 0.3 is 5.97 Å². The first-order chi connectivity index (χ1) is 9.65. The molecule has 0 radical (unpaired) electrons. The summed E-state index contributed by atoms with van der Waals surface area (Å²) in [6.07, 6.45) is 4.57. The zero-order valence-electron chi connectivity index (χ0n) is 10.3. The highest BCUT2D eigenvalue weighted by Crippen LogP contribution is 2.28. The van der Waals surface area contributed by atoms with Gasteiger partial charge in [-0.2, -0.15) is 0 Å². The highest BCUT2D eigenvalue weighted by atomic mass is 79.9. The molecule has 3 aromatic heterocycles. The molecule has 0 saturated carbocycles. The Bertz CT molecular complexity index is 753. The van der Waals surface area contributed by atoms with E-state index in [1.807, 2.05) is 16.7 Å². The zero-order valence-corrected chi connectivity index (χ0v) is 11.9. The van der Waals surface area contributed by atoms with Crippen LogP contribution in [0.5, 0.6) is 0 Å². The average molecular weight is 337 g/mol. The van der Waals surface area contributed by atoms with Crippen LogP contribution in [0, 0.1) is 0 Å². The molecule has 0 aliphatic heterocycles. The van der Waals surface area contributed by atoms with E-state index in [-0.39, 0.29) is 0 Å². The number of rotatable bonds is 3. The van der Waals surface area contributed by atoms with Gasteiger partial charge in [-0.15, -0.1) is 5.10 Å². The molecular weight excluding hydrogens is 328 g/mol. The lowest BCUT2D eigenvalue weighted by molar-refractivity contribution is -0.145. The summed E-state index contributed by atoms with van der Waals surface area (Å²) in [5.41, 5.74) is 1.34. The number of fused-ring (bicyclic) bond motifs is 1. The lowest BCUT2D eigenvalue weighted by Crippen LogP contribution is -2.13. The number of carbonyl (C=O) groups excluding carboxylic acids is 1. The van der Waals surface area contributed by atoms with Gasteiger partial charge in [-0.1, -0.05) is 0 Å². The molecule has 0 aliphatic carbocycles. The summed E-state index contributed by atoms with van der Waals surface area (Å²) in [4.78, 5) is 15.6. The second-order valence-electron chi connectivity index (χ2n) is 4.05. The van der Waals surface area contributed by atoms with E-state index in [0.717, 1.165) is 4.47 Å². The predicted octanol–water partition coefficient (Wildman–Crippen LogP) is 1.26. The van der Waals surface area contributed by atoms with E-state index in [1.54, 1.807) is 12.4 Å². The molecule has 0 fully saturated rings. The summed E-state index contributed by atoms with van der Waals surface area (Å²) < 4.78 is 7.97. The molecule has 0 amide bonds. The minimum Gasteiger partial charge on any atom is -0.449 e. The molecule has 1 atom stereocenters. The molecule has 102 valence electrons. The van der Waals surface area contributed by atoms with E-state index < -0.39 is 12.1 Å². The third-order valence-electron chi connectivity index (χ3n) is 2.66. The number of nitrogens with one attached hydrogen (secondary N) is 1. The lowest BCUT2D eigenvalue weighted by atomic mass is 10.1. The van der Waals surface area contributed by atoms with Crippen molar-refractivity contribution in [3.8, 4) is 0 Å². The lowest BCUT2D eigenvalue weighted by Gasteiger charge is -2.15. The fourth-order valence-electron chi connectivity index (χ4n) is 1.93. The van der Waals surface area contributed by atoms with Crippen LogP contribution in [-0.2, 0) is 9.53 Å². The maximum Gasteiger partial charge on any atom is 0.303 e. The first kappa shape index (κ1) is 12.7. The standard InChI is InChI=1S/C11H9BrN6O2/c1-6(19)20-9(10-14-16-17-15-10)8-4-7(12)5-18-3-2-13-11(8)18/h2-5,9H,1H3,(H,14,15,16,17). The van der Waals surface area contributed by atoms with Crippen LogP contribution in [0.1, 0.15) is 24.4 Å². The molecule has 0 aliphatic rings. The average Bonchev–Trinajstić information content (AvgIpc) is 3.05. The summed E-state index contributed by atoms with van der Waals surface area (Å²) in [6.45, 7) is 1.33. The molecule has 0 saturated heterocycles. The van der Waals surface area contributed by atoms with Gasteiger partial charge < -0.3 is 9.14 Å². The summed E-state index contributed by atoms with van der Waals surface area (Å²) in [5.74, 6) is -0.0979. The van der Waals surface area contributed by atoms with Gasteiger partial charge in [-0.3, -0.25) is 4.79 Å². The third-order valence-corrected chi connectivity index (χ3v) is 3.09. The fraction of sp³-hybridized carbons (Fsp3) is 0.182. The first-order valence-electron chi connectivity index (χ1n) is 5.68. The van der Waals surface area contributed by atoms with Crippen molar-refractivity contribution in [1.29, 1.82) is 0 Å². The Labute approximate surface area is 121 Å². The predicted molar refractivity (Wildman–Crippen MR) is 70.7 cm³/mol. The van der Waals surface area contributed by atoms with Crippen molar-refractivity contribution in [2.24, 2.45) is 0 Å². The number of esters is 1. The number of hydrogen-bond acceptors (Lipinski definition) is 6. The summed E-state index contributed by atoms with van der Waals surface area (Å²) >= 11 is 3.41. The molecule has 3 aromatic rings. The number of imidazole rings is 1. The fourth-order valence-corrected chi connectivity index (χ4v) is 2.39. The van der Waals surface area contributed by atoms with Gasteiger partial charge in [0.15, 0.2) is 11.9 Å². The molecule has 9 heteroatoms. The van der Waals surface area contributed by atoms with Gasteiger partial charge in [0.05, 0.1) is 0 Å². The highest BCUT2D eigenvalue weighted by Gasteiger charge is 2.24. The maximum absolute atomic E-state index is 11.3. The number of ether oxygens (including phenoxy) is 1. The largest absolute Gasteiger partial charge is 0.449 e. The Balaban J connectivity index is 2.18. The second kappa shape index (κ2) is 5.00. The van der Waals surface area contributed by atoms with E-state index in [2.05, 4.69) is 41.5 Å². The van der Waals surface area contributed by atoms with Crippen LogP contribution in [0.25, 0.3) is 5.65 Å². The van der Waals surface area contributed by atoms with Gasteiger partial charge in [0, 0.05) is 35.6 Å². The Morgan fingerprint density at radius 1 is 1.55 bits per heavy atom. The van der Waals surface area contributed by atoms with E-state index in [9.17, 15) is 4.79 Å². The highest BCUT2D eigenvalue weighted by molar-refractivity contribution is 9.10. The topological polar surface area (TPSA) is 98.1 Å². The van der Waals surface area contributed by atoms with Crippen molar-refractivity contribution < 1.29 is 9.53 Å². The molecule has 1 unspecified atom stereocenters. The van der Waals surface area contributed by atoms with Crippen molar-refractivity contribution in [3.63, 3.8) is 0 Å². The van der Waals surface area contributed by atoms with Gasteiger partial charge in [0.25, 0.3) is 0 Å². The monoisotopic (exact) mass is 336 g/mol. The van der Waals surface area contributed by atoms with Gasteiger partial charge in [-0.25, -0.2) is 10.1 Å². The number of hydrogen-bond donors (Lipinski definition) is 1. The van der Waals surface area contributed by atoms with Crippen LogP contribution < -0.4 is 0 Å². The normalized spacial score (nSPS) is 12.5. The molecule has 0 spiro atoms. The van der Waals surface area contributed by atoms with Crippen LogP contribution in [0.15, 0.2) is 29.1 Å². The second-order valence-corrected chi connectivity index (χ2v) is 4.96. The smallest absolute Gasteiger partial charge is 0.303 e. The first-order valence-corrected chi connectivity index (χ1v) is 6.47. The third kappa shape index (κ3) is 2.27. The molecule has 0 aromatic carbocycles. The van der Waals surface area contributed by atoms with Crippen molar-refractivity contribution in [2.75, 3.05) is 0 Å². The SMILES string of the molecule is CC(=O)OC(c1nnn[nH]1)c1cc(Br)cn2ccnc12. The van der Waals surface area contributed by atoms with Crippen molar-refractivity contribution in [2.45, 2.75) is 13.0 Å². The van der Waals surface area contributed by atoms with Gasteiger partial charge in [0.1, 0.15) is 5.65 Å². The molecule has 8 nitrogen and oxygen atoms in total. The summed E-state index contributed by atoms with van der Waals surface area (Å²) in [5, 5.41) is 13.5.